The first-order chi connectivity index (χ1) is 12.5. The van der Waals surface area contributed by atoms with Crippen molar-refractivity contribution in [1.82, 2.24) is 4.90 Å². The molecule has 6 nitrogen and oxygen atoms in total. The van der Waals surface area contributed by atoms with Gasteiger partial charge in [-0.05, 0) is 48.6 Å². The van der Waals surface area contributed by atoms with Crippen LogP contribution in [0.1, 0.15) is 22.3 Å². The average Bonchev–Trinajstić information content (AvgIpc) is 3.10. The molecule has 6 heteroatoms. The van der Waals surface area contributed by atoms with Gasteiger partial charge in [0.05, 0.1) is 12.7 Å². The second kappa shape index (κ2) is 7.91. The summed E-state index contributed by atoms with van der Waals surface area (Å²) in [4.78, 5) is 25.3. The monoisotopic (exact) mass is 354 g/mol. The Bertz CT molecular complexity index is 806. The van der Waals surface area contributed by atoms with E-state index >= 15 is 0 Å². The molecular formula is C20H22N2O4. The van der Waals surface area contributed by atoms with Gasteiger partial charge in [-0.2, -0.15) is 0 Å². The average molecular weight is 354 g/mol. The summed E-state index contributed by atoms with van der Waals surface area (Å²) in [7, 11) is 1.59. The zero-order chi connectivity index (χ0) is 18.5. The van der Waals surface area contributed by atoms with Crippen molar-refractivity contribution < 1.29 is 19.4 Å². The molecule has 0 bridgehead atoms. The van der Waals surface area contributed by atoms with Gasteiger partial charge in [0.2, 0.25) is 0 Å². The number of carbonyl (C=O) groups is 2. The number of urea groups is 1. The second-order valence-corrected chi connectivity index (χ2v) is 6.47. The molecule has 1 aliphatic rings. The minimum atomic E-state index is -0.919. The number of hydrogen-bond acceptors (Lipinski definition) is 3. The fourth-order valence-electron chi connectivity index (χ4n) is 3.25. The van der Waals surface area contributed by atoms with Crippen LogP contribution in [-0.2, 0) is 6.42 Å². The number of likely N-dealkylation sites (tertiary alicyclic amines) is 1. The molecule has 0 radical (unpaired) electrons. The number of benzene rings is 2. The molecule has 1 aliphatic heterocycles. The summed E-state index contributed by atoms with van der Waals surface area (Å²) in [5.41, 5.74) is 1.99. The van der Waals surface area contributed by atoms with E-state index in [2.05, 4.69) is 5.32 Å². The van der Waals surface area contributed by atoms with Gasteiger partial charge in [0.1, 0.15) is 5.75 Å². The first-order valence-corrected chi connectivity index (χ1v) is 8.57. The SMILES string of the molecule is COc1cccc(NC(=O)N2CCC(Cc3cccc(C(=O)O)c3)C2)c1. The Hall–Kier alpha value is -3.02. The molecule has 1 fully saturated rings. The molecule has 1 heterocycles. The number of rotatable bonds is 5. The maximum absolute atomic E-state index is 12.5. The third-order valence-corrected chi connectivity index (χ3v) is 4.59. The largest absolute Gasteiger partial charge is 0.497 e. The molecule has 136 valence electrons. The maximum Gasteiger partial charge on any atom is 0.335 e. The summed E-state index contributed by atoms with van der Waals surface area (Å²) in [6.07, 6.45) is 1.67. The third kappa shape index (κ3) is 4.33. The van der Waals surface area contributed by atoms with Gasteiger partial charge >= 0.3 is 12.0 Å². The lowest BCUT2D eigenvalue weighted by Gasteiger charge is -2.18. The van der Waals surface area contributed by atoms with Gasteiger partial charge in [-0.25, -0.2) is 9.59 Å². The first-order valence-electron chi connectivity index (χ1n) is 8.57. The van der Waals surface area contributed by atoms with Crippen molar-refractivity contribution in [1.29, 1.82) is 0 Å². The van der Waals surface area contributed by atoms with E-state index in [1.54, 1.807) is 36.3 Å². The molecule has 2 aromatic rings. The van der Waals surface area contributed by atoms with Gasteiger partial charge in [0, 0.05) is 24.8 Å². The Kier molecular flexibility index (Phi) is 5.41. The molecule has 0 saturated carbocycles. The van der Waals surface area contributed by atoms with Crippen LogP contribution in [0.15, 0.2) is 48.5 Å². The van der Waals surface area contributed by atoms with E-state index in [4.69, 9.17) is 9.84 Å². The summed E-state index contributed by atoms with van der Waals surface area (Å²) in [6, 6.07) is 14.1. The van der Waals surface area contributed by atoms with E-state index < -0.39 is 5.97 Å². The highest BCUT2D eigenvalue weighted by atomic mass is 16.5. The molecule has 0 aliphatic carbocycles. The number of amides is 2. The van der Waals surface area contributed by atoms with Crippen molar-refractivity contribution in [2.75, 3.05) is 25.5 Å². The van der Waals surface area contributed by atoms with Crippen LogP contribution >= 0.6 is 0 Å². The molecule has 1 atom stereocenters. The summed E-state index contributed by atoms with van der Waals surface area (Å²) in [5.74, 6) is 0.105. The molecule has 0 spiro atoms. The standard InChI is InChI=1S/C20H22N2O4/c1-26-18-7-3-6-17(12-18)21-20(25)22-9-8-15(13-22)10-14-4-2-5-16(11-14)19(23)24/h2-7,11-12,15H,8-10,13H2,1H3,(H,21,25)(H,23,24). The van der Waals surface area contributed by atoms with Crippen LogP contribution in [-0.4, -0.2) is 42.2 Å². The van der Waals surface area contributed by atoms with Crippen LogP contribution in [0.5, 0.6) is 5.75 Å². The number of nitrogens with zero attached hydrogens (tertiary/aromatic N) is 1. The quantitative estimate of drug-likeness (QED) is 0.861. The Morgan fingerprint density at radius 2 is 2.04 bits per heavy atom. The molecule has 1 unspecified atom stereocenters. The molecule has 26 heavy (non-hydrogen) atoms. The van der Waals surface area contributed by atoms with Crippen LogP contribution < -0.4 is 10.1 Å². The topological polar surface area (TPSA) is 78.9 Å². The van der Waals surface area contributed by atoms with E-state index in [-0.39, 0.29) is 6.03 Å². The zero-order valence-corrected chi connectivity index (χ0v) is 14.6. The number of methoxy groups -OCH3 is 1. The molecule has 2 N–H and O–H groups in total. The number of carboxylic acids is 1. The smallest absolute Gasteiger partial charge is 0.335 e. The predicted octanol–water partition coefficient (Wildman–Crippen LogP) is 3.49. The summed E-state index contributed by atoms with van der Waals surface area (Å²) in [6.45, 7) is 1.35. The maximum atomic E-state index is 12.5. The van der Waals surface area contributed by atoms with Crippen molar-refractivity contribution in [2.45, 2.75) is 12.8 Å². The fourth-order valence-corrected chi connectivity index (χ4v) is 3.25. The van der Waals surface area contributed by atoms with E-state index in [0.717, 1.165) is 18.4 Å². The molecule has 1 saturated heterocycles. The number of aromatic carboxylic acids is 1. The van der Waals surface area contributed by atoms with Crippen LogP contribution in [0.3, 0.4) is 0 Å². The highest BCUT2D eigenvalue weighted by Gasteiger charge is 2.26. The number of nitrogens with one attached hydrogen (secondary N) is 1. The van der Waals surface area contributed by atoms with Crippen LogP contribution in [0.2, 0.25) is 0 Å². The molecule has 0 aromatic heterocycles. The lowest BCUT2D eigenvalue weighted by molar-refractivity contribution is 0.0696. The van der Waals surface area contributed by atoms with Gasteiger partial charge in [0.15, 0.2) is 0 Å². The van der Waals surface area contributed by atoms with Crippen molar-refractivity contribution in [3.05, 3.63) is 59.7 Å². The Labute approximate surface area is 152 Å². The highest BCUT2D eigenvalue weighted by Crippen LogP contribution is 2.23. The molecule has 3 rings (SSSR count). The molecule has 2 amide bonds. The molecule has 2 aromatic carbocycles. The van der Waals surface area contributed by atoms with Gasteiger partial charge in [-0.1, -0.05) is 18.2 Å². The first kappa shape index (κ1) is 17.8. The fraction of sp³-hybridized carbons (Fsp3) is 0.300. The van der Waals surface area contributed by atoms with Crippen LogP contribution in [0.25, 0.3) is 0 Å². The number of ether oxygens (including phenoxy) is 1. The number of carboxylic acid groups (broad SMARTS) is 1. The minimum absolute atomic E-state index is 0.125. The third-order valence-electron chi connectivity index (χ3n) is 4.59. The second-order valence-electron chi connectivity index (χ2n) is 6.47. The predicted molar refractivity (Wildman–Crippen MR) is 98.8 cm³/mol. The Morgan fingerprint density at radius 1 is 1.23 bits per heavy atom. The normalized spacial score (nSPS) is 16.3. The lowest BCUT2D eigenvalue weighted by Crippen LogP contribution is -2.33. The number of carbonyl (C=O) groups excluding carboxylic acids is 1. The lowest BCUT2D eigenvalue weighted by atomic mass is 9.97. The van der Waals surface area contributed by atoms with Crippen molar-refractivity contribution in [2.24, 2.45) is 5.92 Å². The van der Waals surface area contributed by atoms with Gasteiger partial charge in [-0.15, -0.1) is 0 Å². The van der Waals surface area contributed by atoms with Gasteiger partial charge in [0.25, 0.3) is 0 Å². The van der Waals surface area contributed by atoms with Crippen molar-refractivity contribution in [3.8, 4) is 5.75 Å². The number of anilines is 1. The summed E-state index contributed by atoms with van der Waals surface area (Å²) >= 11 is 0. The highest BCUT2D eigenvalue weighted by molar-refractivity contribution is 5.89. The minimum Gasteiger partial charge on any atom is -0.497 e. The Balaban J connectivity index is 1.57. The van der Waals surface area contributed by atoms with Gasteiger partial charge < -0.3 is 20.1 Å². The van der Waals surface area contributed by atoms with Gasteiger partial charge in [-0.3, -0.25) is 0 Å². The van der Waals surface area contributed by atoms with Crippen molar-refractivity contribution in [3.63, 3.8) is 0 Å². The van der Waals surface area contributed by atoms with E-state index in [1.807, 2.05) is 24.3 Å². The zero-order valence-electron chi connectivity index (χ0n) is 14.6. The van der Waals surface area contributed by atoms with Crippen LogP contribution in [0.4, 0.5) is 10.5 Å². The summed E-state index contributed by atoms with van der Waals surface area (Å²) in [5, 5.41) is 12.0. The van der Waals surface area contributed by atoms with Crippen LogP contribution in [0, 0.1) is 5.92 Å². The van der Waals surface area contributed by atoms with E-state index in [1.165, 1.54) is 0 Å². The number of hydrogen-bond donors (Lipinski definition) is 2. The summed E-state index contributed by atoms with van der Waals surface area (Å²) < 4.78 is 5.17. The molecular weight excluding hydrogens is 332 g/mol. The van der Waals surface area contributed by atoms with E-state index in [9.17, 15) is 9.59 Å². The van der Waals surface area contributed by atoms with Crippen molar-refractivity contribution >= 4 is 17.7 Å². The Morgan fingerprint density at radius 3 is 2.81 bits per heavy atom. The van der Waals surface area contributed by atoms with E-state index in [0.29, 0.717) is 36.0 Å².